The maximum absolute atomic E-state index is 13.6. The lowest BCUT2D eigenvalue weighted by atomic mass is 10.1. The van der Waals surface area contributed by atoms with Crippen molar-refractivity contribution < 1.29 is 37.4 Å². The Bertz CT molecular complexity index is 1050. The molecule has 1 saturated carbocycles. The van der Waals surface area contributed by atoms with Crippen LogP contribution >= 0.6 is 11.3 Å². The maximum Gasteiger partial charge on any atom is 0.341 e. The molecule has 170 valence electrons. The highest BCUT2D eigenvalue weighted by atomic mass is 32.1. The first kappa shape index (κ1) is 23.3. The van der Waals surface area contributed by atoms with Crippen molar-refractivity contribution in [3.63, 3.8) is 0 Å². The number of benzene rings is 1. The summed E-state index contributed by atoms with van der Waals surface area (Å²) in [5, 5.41) is 6.78. The van der Waals surface area contributed by atoms with E-state index in [1.807, 2.05) is 0 Å². The monoisotopic (exact) mass is 466 g/mol. The lowest BCUT2D eigenvalue weighted by Crippen LogP contribution is -2.32. The summed E-state index contributed by atoms with van der Waals surface area (Å²) in [4.78, 5) is 48.1. The highest BCUT2D eigenvalue weighted by Gasteiger charge is 2.32. The number of esters is 2. The number of anilines is 1. The number of rotatable bonds is 9. The predicted molar refractivity (Wildman–Crippen MR) is 111 cm³/mol. The first-order chi connectivity index (χ1) is 15.3. The van der Waals surface area contributed by atoms with Crippen molar-refractivity contribution in [3.05, 3.63) is 51.9 Å². The van der Waals surface area contributed by atoms with Crippen molar-refractivity contribution in [3.8, 4) is 0 Å². The van der Waals surface area contributed by atoms with E-state index in [0.29, 0.717) is 16.6 Å². The average molecular weight is 466 g/mol. The fourth-order valence-electron chi connectivity index (χ4n) is 2.85. The normalized spacial score (nSPS) is 12.7. The summed E-state index contributed by atoms with van der Waals surface area (Å²) in [6.45, 7) is 0.597. The number of nitrogens with one attached hydrogen (secondary N) is 2. The van der Waals surface area contributed by atoms with Gasteiger partial charge >= 0.3 is 11.9 Å². The summed E-state index contributed by atoms with van der Waals surface area (Å²) in [5.74, 6) is -4.73. The standard InChI is InChI=1S/C21H20F2N2O6S/c1-2-30-21(29)18-14(11-3-4-11)10-32-20(18)25-16(26)9-31-17(27)8-24-19(28)13-6-5-12(22)7-15(13)23/h5-7,10-11H,2-4,8-9H2,1H3,(H,24,28)(H,25,26). The van der Waals surface area contributed by atoms with Gasteiger partial charge in [0.25, 0.3) is 11.8 Å². The Labute approximate surface area is 185 Å². The van der Waals surface area contributed by atoms with Crippen molar-refractivity contribution in [1.29, 1.82) is 0 Å². The Kier molecular flexibility index (Phi) is 7.52. The molecular formula is C21H20F2N2O6S. The van der Waals surface area contributed by atoms with Crippen LogP contribution < -0.4 is 10.6 Å². The Balaban J connectivity index is 1.50. The molecule has 0 bridgehead atoms. The number of hydrogen-bond acceptors (Lipinski definition) is 7. The lowest BCUT2D eigenvalue weighted by molar-refractivity contribution is -0.146. The summed E-state index contributed by atoms with van der Waals surface area (Å²) < 4.78 is 36.3. The van der Waals surface area contributed by atoms with E-state index in [1.165, 1.54) is 11.3 Å². The fourth-order valence-corrected chi connectivity index (χ4v) is 3.90. The number of carbonyl (C=O) groups is 4. The minimum absolute atomic E-state index is 0.192. The molecule has 1 aliphatic rings. The molecule has 2 N–H and O–H groups in total. The van der Waals surface area contributed by atoms with Gasteiger partial charge in [-0.1, -0.05) is 0 Å². The van der Waals surface area contributed by atoms with E-state index >= 15 is 0 Å². The molecule has 1 aromatic carbocycles. The van der Waals surface area contributed by atoms with Crippen LogP contribution in [-0.4, -0.2) is 43.5 Å². The van der Waals surface area contributed by atoms with Gasteiger partial charge in [-0.25, -0.2) is 13.6 Å². The molecule has 2 aromatic rings. The van der Waals surface area contributed by atoms with E-state index in [0.717, 1.165) is 30.5 Å². The molecule has 0 unspecified atom stereocenters. The van der Waals surface area contributed by atoms with Gasteiger partial charge in [0.15, 0.2) is 6.61 Å². The smallest absolute Gasteiger partial charge is 0.341 e. The molecule has 1 aliphatic carbocycles. The zero-order valence-electron chi connectivity index (χ0n) is 17.0. The third-order valence-corrected chi connectivity index (χ3v) is 5.42. The van der Waals surface area contributed by atoms with E-state index in [2.05, 4.69) is 10.6 Å². The topological polar surface area (TPSA) is 111 Å². The van der Waals surface area contributed by atoms with Gasteiger partial charge in [-0.05, 0) is 48.8 Å². The van der Waals surface area contributed by atoms with Gasteiger partial charge in [-0.3, -0.25) is 14.4 Å². The van der Waals surface area contributed by atoms with Crippen molar-refractivity contribution in [2.24, 2.45) is 0 Å². The minimum atomic E-state index is -1.07. The highest BCUT2D eigenvalue weighted by molar-refractivity contribution is 7.15. The first-order valence-corrected chi connectivity index (χ1v) is 10.6. The summed E-state index contributed by atoms with van der Waals surface area (Å²) in [5.41, 5.74) is 0.705. The van der Waals surface area contributed by atoms with Crippen LogP contribution in [0.25, 0.3) is 0 Å². The van der Waals surface area contributed by atoms with Crippen LogP contribution in [0.2, 0.25) is 0 Å². The summed E-state index contributed by atoms with van der Waals surface area (Å²) >= 11 is 1.18. The zero-order chi connectivity index (χ0) is 23.3. The van der Waals surface area contributed by atoms with Crippen LogP contribution in [0.4, 0.5) is 13.8 Å². The van der Waals surface area contributed by atoms with E-state index in [-0.39, 0.29) is 12.5 Å². The average Bonchev–Trinajstić information content (AvgIpc) is 3.51. The van der Waals surface area contributed by atoms with Crippen molar-refractivity contribution >= 4 is 40.1 Å². The van der Waals surface area contributed by atoms with Gasteiger partial charge in [0.1, 0.15) is 23.2 Å². The Morgan fingerprint density at radius 2 is 1.91 bits per heavy atom. The maximum atomic E-state index is 13.6. The van der Waals surface area contributed by atoms with Gasteiger partial charge in [-0.2, -0.15) is 0 Å². The molecule has 32 heavy (non-hydrogen) atoms. The molecule has 0 aliphatic heterocycles. The van der Waals surface area contributed by atoms with Crippen LogP contribution in [0, 0.1) is 11.6 Å². The third kappa shape index (κ3) is 5.88. The summed E-state index contributed by atoms with van der Waals surface area (Å²) in [6, 6.07) is 2.39. The molecule has 8 nitrogen and oxygen atoms in total. The number of carbonyl (C=O) groups excluding carboxylic acids is 4. The van der Waals surface area contributed by atoms with E-state index < -0.39 is 54.1 Å². The van der Waals surface area contributed by atoms with Gasteiger partial charge in [0, 0.05) is 6.07 Å². The van der Waals surface area contributed by atoms with Gasteiger partial charge < -0.3 is 20.1 Å². The zero-order valence-corrected chi connectivity index (χ0v) is 17.9. The Morgan fingerprint density at radius 3 is 2.56 bits per heavy atom. The first-order valence-electron chi connectivity index (χ1n) is 9.77. The van der Waals surface area contributed by atoms with Gasteiger partial charge in [0.05, 0.1) is 17.7 Å². The van der Waals surface area contributed by atoms with E-state index in [4.69, 9.17) is 9.47 Å². The third-order valence-electron chi connectivity index (χ3n) is 4.50. The second kappa shape index (κ2) is 10.3. The lowest BCUT2D eigenvalue weighted by Gasteiger charge is -2.09. The van der Waals surface area contributed by atoms with Gasteiger partial charge in [-0.15, -0.1) is 11.3 Å². The van der Waals surface area contributed by atoms with Gasteiger partial charge in [0.2, 0.25) is 0 Å². The molecular weight excluding hydrogens is 446 g/mol. The molecule has 0 spiro atoms. The SMILES string of the molecule is CCOC(=O)c1c(C2CC2)csc1NC(=O)COC(=O)CNC(=O)c1ccc(F)cc1F. The van der Waals surface area contributed by atoms with Crippen molar-refractivity contribution in [2.45, 2.75) is 25.7 Å². The molecule has 0 saturated heterocycles. The number of amides is 2. The van der Waals surface area contributed by atoms with Crippen LogP contribution in [0.1, 0.15) is 52.0 Å². The van der Waals surface area contributed by atoms with E-state index in [1.54, 1.807) is 12.3 Å². The number of ether oxygens (including phenoxy) is 2. The molecule has 0 radical (unpaired) electrons. The summed E-state index contributed by atoms with van der Waals surface area (Å²) in [6.07, 6.45) is 1.92. The van der Waals surface area contributed by atoms with Crippen LogP contribution in [-0.2, 0) is 19.1 Å². The highest BCUT2D eigenvalue weighted by Crippen LogP contribution is 2.46. The molecule has 11 heteroatoms. The van der Waals surface area contributed by atoms with Crippen LogP contribution in [0.15, 0.2) is 23.6 Å². The number of thiophene rings is 1. The minimum Gasteiger partial charge on any atom is -0.462 e. The summed E-state index contributed by atoms with van der Waals surface area (Å²) in [7, 11) is 0. The number of halogens is 2. The predicted octanol–water partition coefficient (Wildman–Crippen LogP) is 2.99. The van der Waals surface area contributed by atoms with Crippen molar-refractivity contribution in [1.82, 2.24) is 5.32 Å². The molecule has 3 rings (SSSR count). The molecule has 2 amide bonds. The van der Waals surface area contributed by atoms with Crippen LogP contribution in [0.3, 0.4) is 0 Å². The Morgan fingerprint density at radius 1 is 1.16 bits per heavy atom. The van der Waals surface area contributed by atoms with Crippen LogP contribution in [0.5, 0.6) is 0 Å². The molecule has 1 heterocycles. The quantitative estimate of drug-likeness (QED) is 0.550. The molecule has 1 fully saturated rings. The largest absolute Gasteiger partial charge is 0.462 e. The van der Waals surface area contributed by atoms with E-state index in [9.17, 15) is 28.0 Å². The van der Waals surface area contributed by atoms with Crippen molar-refractivity contribution in [2.75, 3.05) is 25.1 Å². The number of hydrogen-bond donors (Lipinski definition) is 2. The molecule has 0 atom stereocenters. The molecule has 1 aromatic heterocycles. The second-order valence-corrected chi connectivity index (χ2v) is 7.79. The fraction of sp³-hybridized carbons (Fsp3) is 0.333. The Hall–Kier alpha value is -3.34. The second-order valence-electron chi connectivity index (χ2n) is 6.91.